The molecule has 3 rings (SSSR count). The van der Waals surface area contributed by atoms with Gasteiger partial charge in [-0.3, -0.25) is 9.97 Å². The standard InChI is InChI=1S/C22H26N4O/c1-5-6-19(18-12-23-10-9-15(18)2)25-22-14-24-13-20(26-22)17-8-7-16(3)21(11-17)27-4/h7-14,19H,5-6H2,1-4H3,(H,25,26). The second-order valence-corrected chi connectivity index (χ2v) is 6.69. The van der Waals surface area contributed by atoms with Crippen LogP contribution in [0.5, 0.6) is 5.75 Å². The minimum Gasteiger partial charge on any atom is -0.496 e. The fourth-order valence-corrected chi connectivity index (χ4v) is 3.17. The number of rotatable bonds is 7. The molecule has 1 atom stereocenters. The number of hydrogen-bond acceptors (Lipinski definition) is 5. The third-order valence-corrected chi connectivity index (χ3v) is 4.69. The molecule has 0 aliphatic carbocycles. The minimum atomic E-state index is 0.154. The first kappa shape index (κ1) is 18.8. The second-order valence-electron chi connectivity index (χ2n) is 6.69. The van der Waals surface area contributed by atoms with Gasteiger partial charge in [0.25, 0.3) is 0 Å². The molecule has 0 saturated heterocycles. The van der Waals surface area contributed by atoms with E-state index in [2.05, 4.69) is 29.1 Å². The molecule has 27 heavy (non-hydrogen) atoms. The summed E-state index contributed by atoms with van der Waals surface area (Å²) in [7, 11) is 1.68. The van der Waals surface area contributed by atoms with Crippen molar-refractivity contribution in [2.75, 3.05) is 12.4 Å². The molecular formula is C22H26N4O. The van der Waals surface area contributed by atoms with E-state index >= 15 is 0 Å². The Bertz CT molecular complexity index is 910. The quantitative estimate of drug-likeness (QED) is 0.632. The summed E-state index contributed by atoms with van der Waals surface area (Å²) in [6, 6.07) is 8.27. The Labute approximate surface area is 160 Å². The van der Waals surface area contributed by atoms with Gasteiger partial charge in [0.15, 0.2) is 0 Å². The number of pyridine rings is 1. The summed E-state index contributed by atoms with van der Waals surface area (Å²) in [6.45, 7) is 6.32. The molecule has 0 spiro atoms. The molecule has 1 N–H and O–H groups in total. The molecule has 0 aliphatic heterocycles. The summed E-state index contributed by atoms with van der Waals surface area (Å²) in [5, 5.41) is 3.54. The number of benzene rings is 1. The van der Waals surface area contributed by atoms with Gasteiger partial charge in [-0.05, 0) is 49.1 Å². The topological polar surface area (TPSA) is 59.9 Å². The van der Waals surface area contributed by atoms with Crippen LogP contribution in [0.25, 0.3) is 11.3 Å². The van der Waals surface area contributed by atoms with E-state index in [4.69, 9.17) is 9.72 Å². The molecule has 0 aliphatic rings. The van der Waals surface area contributed by atoms with E-state index < -0.39 is 0 Å². The molecule has 2 heterocycles. The van der Waals surface area contributed by atoms with Gasteiger partial charge in [0, 0.05) is 18.0 Å². The fourth-order valence-electron chi connectivity index (χ4n) is 3.17. The van der Waals surface area contributed by atoms with Gasteiger partial charge in [0.2, 0.25) is 0 Å². The van der Waals surface area contributed by atoms with Crippen molar-refractivity contribution in [2.24, 2.45) is 0 Å². The van der Waals surface area contributed by atoms with E-state index in [0.29, 0.717) is 0 Å². The largest absolute Gasteiger partial charge is 0.496 e. The van der Waals surface area contributed by atoms with Crippen LogP contribution in [0.1, 0.15) is 42.5 Å². The number of aromatic nitrogens is 3. The zero-order valence-electron chi connectivity index (χ0n) is 16.4. The van der Waals surface area contributed by atoms with E-state index in [1.807, 2.05) is 43.6 Å². The van der Waals surface area contributed by atoms with Crippen LogP contribution in [-0.4, -0.2) is 22.1 Å². The van der Waals surface area contributed by atoms with Gasteiger partial charge in [0.1, 0.15) is 11.6 Å². The third kappa shape index (κ3) is 4.42. The Kier molecular flexibility index (Phi) is 6.01. The molecule has 3 aromatic rings. The van der Waals surface area contributed by atoms with Gasteiger partial charge < -0.3 is 10.1 Å². The van der Waals surface area contributed by atoms with E-state index in [1.165, 1.54) is 11.1 Å². The average molecular weight is 362 g/mol. The number of nitrogens with one attached hydrogen (secondary N) is 1. The molecule has 1 unspecified atom stereocenters. The number of nitrogens with zero attached hydrogens (tertiary/aromatic N) is 3. The summed E-state index contributed by atoms with van der Waals surface area (Å²) in [5.41, 5.74) is 5.32. The van der Waals surface area contributed by atoms with Gasteiger partial charge in [0.05, 0.1) is 31.2 Å². The Morgan fingerprint density at radius 2 is 1.89 bits per heavy atom. The van der Waals surface area contributed by atoms with Crippen LogP contribution in [0.4, 0.5) is 5.82 Å². The normalized spacial score (nSPS) is 11.9. The number of ether oxygens (including phenoxy) is 1. The van der Waals surface area contributed by atoms with Gasteiger partial charge in [-0.1, -0.05) is 25.5 Å². The van der Waals surface area contributed by atoms with Crippen LogP contribution < -0.4 is 10.1 Å². The van der Waals surface area contributed by atoms with Crippen molar-refractivity contribution in [3.05, 3.63) is 65.7 Å². The molecule has 140 valence electrons. The Hall–Kier alpha value is -2.95. The molecule has 0 bridgehead atoms. The lowest BCUT2D eigenvalue weighted by Gasteiger charge is -2.20. The maximum atomic E-state index is 5.43. The maximum Gasteiger partial charge on any atom is 0.145 e. The van der Waals surface area contributed by atoms with Gasteiger partial charge in [-0.2, -0.15) is 0 Å². The first-order valence-electron chi connectivity index (χ1n) is 9.26. The highest BCUT2D eigenvalue weighted by molar-refractivity contribution is 5.63. The number of hydrogen-bond donors (Lipinski definition) is 1. The molecule has 5 nitrogen and oxygen atoms in total. The van der Waals surface area contributed by atoms with E-state index in [1.54, 1.807) is 19.5 Å². The van der Waals surface area contributed by atoms with E-state index in [-0.39, 0.29) is 6.04 Å². The Morgan fingerprint density at radius 3 is 2.63 bits per heavy atom. The highest BCUT2D eigenvalue weighted by atomic mass is 16.5. The highest BCUT2D eigenvalue weighted by Gasteiger charge is 2.14. The van der Waals surface area contributed by atoms with Gasteiger partial charge in [-0.25, -0.2) is 4.98 Å². The summed E-state index contributed by atoms with van der Waals surface area (Å²) < 4.78 is 5.43. The summed E-state index contributed by atoms with van der Waals surface area (Å²) in [6.07, 6.45) is 9.37. The van der Waals surface area contributed by atoms with Crippen LogP contribution in [0.2, 0.25) is 0 Å². The molecular weight excluding hydrogens is 336 g/mol. The van der Waals surface area contributed by atoms with E-state index in [0.717, 1.165) is 41.2 Å². The zero-order valence-corrected chi connectivity index (χ0v) is 16.4. The number of methoxy groups -OCH3 is 1. The second kappa shape index (κ2) is 8.62. The maximum absolute atomic E-state index is 5.43. The molecule has 0 fully saturated rings. The smallest absolute Gasteiger partial charge is 0.145 e. The van der Waals surface area contributed by atoms with Crippen molar-refractivity contribution < 1.29 is 4.74 Å². The van der Waals surface area contributed by atoms with Crippen molar-refractivity contribution in [3.63, 3.8) is 0 Å². The predicted octanol–water partition coefficient (Wildman–Crippen LogP) is 5.12. The van der Waals surface area contributed by atoms with Crippen molar-refractivity contribution in [1.29, 1.82) is 0 Å². The lowest BCUT2D eigenvalue weighted by molar-refractivity contribution is 0.412. The highest BCUT2D eigenvalue weighted by Crippen LogP contribution is 2.28. The number of anilines is 1. The summed E-state index contributed by atoms with van der Waals surface area (Å²) >= 11 is 0. The van der Waals surface area contributed by atoms with Crippen LogP contribution >= 0.6 is 0 Å². The molecule has 5 heteroatoms. The van der Waals surface area contributed by atoms with Crippen molar-refractivity contribution in [2.45, 2.75) is 39.7 Å². The fraction of sp³-hybridized carbons (Fsp3) is 0.318. The zero-order chi connectivity index (χ0) is 19.2. The summed E-state index contributed by atoms with van der Waals surface area (Å²) in [5.74, 6) is 1.61. The van der Waals surface area contributed by atoms with Crippen LogP contribution in [0, 0.1) is 13.8 Å². The number of aryl methyl sites for hydroxylation is 2. The molecule has 0 radical (unpaired) electrons. The predicted molar refractivity (Wildman–Crippen MR) is 109 cm³/mol. The lowest BCUT2D eigenvalue weighted by Crippen LogP contribution is -2.13. The minimum absolute atomic E-state index is 0.154. The first-order chi connectivity index (χ1) is 13.1. The SMILES string of the molecule is CCCC(Nc1cncc(-c2ccc(C)c(OC)c2)n1)c1cnccc1C. The Morgan fingerprint density at radius 1 is 1.04 bits per heavy atom. The van der Waals surface area contributed by atoms with Crippen LogP contribution in [0.15, 0.2) is 49.1 Å². The molecule has 0 saturated carbocycles. The summed E-state index contributed by atoms with van der Waals surface area (Å²) in [4.78, 5) is 13.5. The monoisotopic (exact) mass is 362 g/mol. The van der Waals surface area contributed by atoms with Gasteiger partial charge >= 0.3 is 0 Å². The van der Waals surface area contributed by atoms with E-state index in [9.17, 15) is 0 Å². The van der Waals surface area contributed by atoms with Crippen molar-refractivity contribution in [1.82, 2.24) is 15.0 Å². The average Bonchev–Trinajstić information content (AvgIpc) is 2.69. The van der Waals surface area contributed by atoms with Crippen LogP contribution in [-0.2, 0) is 0 Å². The third-order valence-electron chi connectivity index (χ3n) is 4.69. The van der Waals surface area contributed by atoms with Crippen LogP contribution in [0.3, 0.4) is 0 Å². The van der Waals surface area contributed by atoms with Crippen molar-refractivity contribution in [3.8, 4) is 17.0 Å². The molecule has 0 amide bonds. The lowest BCUT2D eigenvalue weighted by atomic mass is 10.00. The Balaban J connectivity index is 1.89. The molecule has 1 aromatic carbocycles. The van der Waals surface area contributed by atoms with Gasteiger partial charge in [-0.15, -0.1) is 0 Å². The molecule has 2 aromatic heterocycles. The first-order valence-corrected chi connectivity index (χ1v) is 9.26. The van der Waals surface area contributed by atoms with Crippen molar-refractivity contribution >= 4 is 5.82 Å².